The summed E-state index contributed by atoms with van der Waals surface area (Å²) < 4.78 is 5.63. The summed E-state index contributed by atoms with van der Waals surface area (Å²) in [5.41, 5.74) is 4.63. The molecule has 0 saturated heterocycles. The van der Waals surface area contributed by atoms with Crippen LogP contribution in [0.5, 0.6) is 5.75 Å². The first-order valence-corrected chi connectivity index (χ1v) is 11.1. The molecule has 0 fully saturated rings. The Hall–Kier alpha value is -4.10. The van der Waals surface area contributed by atoms with E-state index >= 15 is 0 Å². The Bertz CT molecular complexity index is 1280. The van der Waals surface area contributed by atoms with Gasteiger partial charge in [-0.05, 0) is 48.4 Å². The predicted molar refractivity (Wildman–Crippen MR) is 132 cm³/mol. The molecule has 0 radical (unpaired) electrons. The van der Waals surface area contributed by atoms with Gasteiger partial charge < -0.3 is 25.5 Å². The molecule has 0 aliphatic rings. The number of aromatic amines is 1. The monoisotopic (exact) mass is 457 g/mol. The molecule has 4 rings (SSSR count). The lowest BCUT2D eigenvalue weighted by Gasteiger charge is -2.15. The van der Waals surface area contributed by atoms with E-state index in [1.165, 1.54) is 0 Å². The molecule has 4 N–H and O–H groups in total. The van der Waals surface area contributed by atoms with Crippen LogP contribution in [0.2, 0.25) is 0 Å². The zero-order valence-electron chi connectivity index (χ0n) is 18.9. The highest BCUT2D eigenvalue weighted by Gasteiger charge is 2.19. The van der Waals surface area contributed by atoms with Crippen LogP contribution in [-0.2, 0) is 22.6 Å². The molecule has 0 aliphatic carbocycles. The molecule has 0 bridgehead atoms. The Balaban J connectivity index is 1.32. The van der Waals surface area contributed by atoms with Gasteiger partial charge >= 0.3 is 5.97 Å². The van der Waals surface area contributed by atoms with E-state index in [-0.39, 0.29) is 12.5 Å². The second-order valence-corrected chi connectivity index (χ2v) is 8.19. The third-order valence-corrected chi connectivity index (χ3v) is 5.55. The molecule has 174 valence electrons. The number of carbonyl (C=O) groups excluding carboxylic acids is 1. The summed E-state index contributed by atoms with van der Waals surface area (Å²) in [5.74, 6) is -0.621. The van der Waals surface area contributed by atoms with E-state index in [0.717, 1.165) is 27.6 Å². The molecule has 7 heteroatoms. The van der Waals surface area contributed by atoms with Gasteiger partial charge in [-0.1, -0.05) is 48.0 Å². The number of para-hydroxylation sites is 1. The smallest absolute Gasteiger partial charge is 0.321 e. The molecule has 0 aliphatic heterocycles. The van der Waals surface area contributed by atoms with Crippen molar-refractivity contribution in [2.24, 2.45) is 0 Å². The second-order valence-electron chi connectivity index (χ2n) is 8.19. The number of H-pyrrole nitrogens is 1. The Kier molecular flexibility index (Phi) is 7.25. The molecule has 1 amide bonds. The largest absolute Gasteiger partial charge is 0.484 e. The molecule has 7 nitrogen and oxygen atoms in total. The van der Waals surface area contributed by atoms with E-state index in [0.29, 0.717) is 24.4 Å². The number of carbonyl (C=O) groups is 2. The maximum Gasteiger partial charge on any atom is 0.321 e. The number of rotatable bonds is 10. The summed E-state index contributed by atoms with van der Waals surface area (Å²) in [5, 5.41) is 16.7. The Morgan fingerprint density at radius 2 is 1.82 bits per heavy atom. The molecule has 3 aromatic carbocycles. The third kappa shape index (κ3) is 6.02. The number of aryl methyl sites for hydroxylation is 1. The highest BCUT2D eigenvalue weighted by atomic mass is 16.5. The van der Waals surface area contributed by atoms with Crippen molar-refractivity contribution in [1.29, 1.82) is 0 Å². The predicted octanol–water partition coefficient (Wildman–Crippen LogP) is 4.28. The van der Waals surface area contributed by atoms with Gasteiger partial charge in [-0.25, -0.2) is 0 Å². The fraction of sp³-hybridized carbons (Fsp3) is 0.185. The van der Waals surface area contributed by atoms with E-state index in [1.54, 1.807) is 12.1 Å². The first-order chi connectivity index (χ1) is 16.5. The number of nitrogens with one attached hydrogen (secondary N) is 3. The number of aromatic nitrogens is 1. The lowest BCUT2D eigenvalue weighted by Crippen LogP contribution is -2.38. The highest BCUT2D eigenvalue weighted by Crippen LogP contribution is 2.20. The van der Waals surface area contributed by atoms with Gasteiger partial charge in [-0.3, -0.25) is 9.59 Å². The fourth-order valence-electron chi connectivity index (χ4n) is 3.74. The quantitative estimate of drug-likeness (QED) is 0.285. The highest BCUT2D eigenvalue weighted by molar-refractivity contribution is 5.91. The van der Waals surface area contributed by atoms with Crippen LogP contribution in [0.3, 0.4) is 0 Å². The van der Waals surface area contributed by atoms with Crippen LogP contribution in [0.25, 0.3) is 10.9 Å². The summed E-state index contributed by atoms with van der Waals surface area (Å²) in [4.78, 5) is 27.2. The number of anilines is 1. The van der Waals surface area contributed by atoms with Gasteiger partial charge in [0.1, 0.15) is 11.8 Å². The Labute approximate surface area is 197 Å². The number of ether oxygens (including phenoxy) is 1. The molecule has 0 saturated carbocycles. The van der Waals surface area contributed by atoms with Gasteiger partial charge in [0.15, 0.2) is 6.61 Å². The third-order valence-electron chi connectivity index (χ3n) is 5.55. The average molecular weight is 458 g/mol. The summed E-state index contributed by atoms with van der Waals surface area (Å²) in [6.07, 6.45) is 2.22. The van der Waals surface area contributed by atoms with Crippen LogP contribution in [-0.4, -0.2) is 34.6 Å². The van der Waals surface area contributed by atoms with Crippen molar-refractivity contribution >= 4 is 28.5 Å². The lowest BCUT2D eigenvalue weighted by atomic mass is 10.0. The summed E-state index contributed by atoms with van der Waals surface area (Å²) in [7, 11) is 0. The Morgan fingerprint density at radius 1 is 1.03 bits per heavy atom. The van der Waals surface area contributed by atoms with Gasteiger partial charge in [-0.15, -0.1) is 0 Å². The van der Waals surface area contributed by atoms with E-state index in [9.17, 15) is 14.7 Å². The van der Waals surface area contributed by atoms with E-state index in [1.807, 2.05) is 73.8 Å². The lowest BCUT2D eigenvalue weighted by molar-refractivity contribution is -0.139. The number of fused-ring (bicyclic) bond motifs is 1. The zero-order valence-corrected chi connectivity index (χ0v) is 18.9. The number of benzene rings is 3. The van der Waals surface area contributed by atoms with Crippen LogP contribution >= 0.6 is 0 Å². The van der Waals surface area contributed by atoms with Crippen molar-refractivity contribution in [1.82, 2.24) is 10.3 Å². The van der Waals surface area contributed by atoms with Crippen molar-refractivity contribution in [3.05, 3.63) is 95.7 Å². The summed E-state index contributed by atoms with van der Waals surface area (Å²) in [6, 6.07) is 21.9. The number of hydrogen-bond acceptors (Lipinski definition) is 4. The first-order valence-electron chi connectivity index (χ1n) is 11.1. The minimum atomic E-state index is -0.912. The van der Waals surface area contributed by atoms with Crippen LogP contribution in [0.15, 0.2) is 79.0 Å². The molecule has 1 aromatic heterocycles. The Morgan fingerprint density at radius 3 is 2.62 bits per heavy atom. The van der Waals surface area contributed by atoms with Gasteiger partial charge in [0.2, 0.25) is 0 Å². The van der Waals surface area contributed by atoms with Crippen molar-refractivity contribution < 1.29 is 19.4 Å². The maximum absolute atomic E-state index is 12.2. The minimum absolute atomic E-state index is 0.122. The van der Waals surface area contributed by atoms with Crippen molar-refractivity contribution in [2.45, 2.75) is 25.9 Å². The normalized spacial score (nSPS) is 11.8. The van der Waals surface area contributed by atoms with Gasteiger partial charge in [0, 0.05) is 35.8 Å². The first kappa shape index (κ1) is 23.1. The number of aliphatic carboxylic acids is 1. The topological polar surface area (TPSA) is 103 Å². The van der Waals surface area contributed by atoms with E-state index in [2.05, 4.69) is 15.6 Å². The van der Waals surface area contributed by atoms with Crippen LogP contribution in [0, 0.1) is 6.92 Å². The van der Waals surface area contributed by atoms with Crippen molar-refractivity contribution in [3.8, 4) is 5.75 Å². The molecular formula is C27H27N3O4. The molecule has 1 atom stereocenters. The SMILES string of the molecule is Cc1ccc(NC(=O)COc2cccc(CNC(Cc3c[nH]c4ccccc34)C(=O)O)c2)cc1. The number of hydrogen-bond donors (Lipinski definition) is 4. The number of carboxylic acid groups (broad SMARTS) is 1. The summed E-state index contributed by atoms with van der Waals surface area (Å²) >= 11 is 0. The standard InChI is InChI=1S/C27H27N3O4/c1-18-9-11-21(12-10-18)30-26(31)17-34-22-6-4-5-19(13-22)15-28-25(27(32)33)14-20-16-29-24-8-3-2-7-23(20)24/h2-13,16,25,28-29H,14-15,17H2,1H3,(H,30,31)(H,32,33). The zero-order chi connectivity index (χ0) is 23.9. The van der Waals surface area contributed by atoms with Crippen molar-refractivity contribution in [2.75, 3.05) is 11.9 Å². The summed E-state index contributed by atoms with van der Waals surface area (Å²) in [6.45, 7) is 2.21. The number of amides is 1. The average Bonchev–Trinajstić information content (AvgIpc) is 3.25. The van der Waals surface area contributed by atoms with E-state index in [4.69, 9.17) is 4.74 Å². The number of carboxylic acids is 1. The minimum Gasteiger partial charge on any atom is -0.484 e. The van der Waals surface area contributed by atoms with Crippen LogP contribution in [0.4, 0.5) is 5.69 Å². The van der Waals surface area contributed by atoms with Crippen molar-refractivity contribution in [3.63, 3.8) is 0 Å². The van der Waals surface area contributed by atoms with Gasteiger partial charge in [0.05, 0.1) is 0 Å². The molecule has 1 heterocycles. The van der Waals surface area contributed by atoms with Gasteiger partial charge in [-0.2, -0.15) is 0 Å². The molecule has 34 heavy (non-hydrogen) atoms. The molecule has 0 spiro atoms. The van der Waals surface area contributed by atoms with Crippen LogP contribution in [0.1, 0.15) is 16.7 Å². The molecule has 4 aromatic rings. The molecule has 1 unspecified atom stereocenters. The maximum atomic E-state index is 12.2. The fourth-order valence-corrected chi connectivity index (χ4v) is 3.74. The van der Waals surface area contributed by atoms with Crippen LogP contribution < -0.4 is 15.4 Å². The molecular weight excluding hydrogens is 430 g/mol. The van der Waals surface area contributed by atoms with Gasteiger partial charge in [0.25, 0.3) is 5.91 Å². The second kappa shape index (κ2) is 10.7. The van der Waals surface area contributed by atoms with E-state index < -0.39 is 12.0 Å².